The zero-order chi connectivity index (χ0) is 14.5. The second-order valence-electron chi connectivity index (χ2n) is 5.20. The van der Waals surface area contributed by atoms with Crippen LogP contribution in [0.2, 0.25) is 0 Å². The third-order valence-corrected chi connectivity index (χ3v) is 4.51. The molecule has 0 saturated heterocycles. The lowest BCUT2D eigenvalue weighted by Crippen LogP contribution is -2.55. The zero-order valence-electron chi connectivity index (χ0n) is 12.0. The Morgan fingerprint density at radius 3 is 2.37 bits per heavy atom. The van der Waals surface area contributed by atoms with Crippen LogP contribution in [0.4, 0.5) is 0 Å². The molecule has 0 spiro atoms. The van der Waals surface area contributed by atoms with Crippen molar-refractivity contribution in [2.75, 3.05) is 13.7 Å². The number of amidine groups is 1. The lowest BCUT2D eigenvalue weighted by molar-refractivity contribution is -0.131. The van der Waals surface area contributed by atoms with Crippen molar-refractivity contribution in [1.29, 1.82) is 0 Å². The molecule has 1 rings (SSSR count). The number of carbonyl (C=O) groups is 1. The smallest absolute Gasteiger partial charge is 0.234 e. The molecule has 0 aromatic carbocycles. The number of oxime groups is 1. The van der Waals surface area contributed by atoms with Crippen molar-refractivity contribution in [2.45, 2.75) is 51.6 Å². The average molecular weight is 271 g/mol. The highest BCUT2D eigenvalue weighted by Gasteiger charge is 2.42. The highest BCUT2D eigenvalue weighted by atomic mass is 16.5. The molecular formula is C13H25N3O3. The van der Waals surface area contributed by atoms with Crippen LogP contribution in [-0.4, -0.2) is 36.2 Å². The molecular weight excluding hydrogens is 246 g/mol. The molecule has 0 unspecified atom stereocenters. The number of methoxy groups -OCH3 is 1. The highest BCUT2D eigenvalue weighted by molar-refractivity contribution is 6.06. The fourth-order valence-corrected chi connectivity index (χ4v) is 2.58. The molecule has 0 aromatic rings. The van der Waals surface area contributed by atoms with Gasteiger partial charge in [0.05, 0.1) is 5.60 Å². The summed E-state index contributed by atoms with van der Waals surface area (Å²) < 4.78 is 5.47. The maximum atomic E-state index is 12.4. The largest absolute Gasteiger partial charge is 0.409 e. The summed E-state index contributed by atoms with van der Waals surface area (Å²) in [4.78, 5) is 12.4. The molecule has 19 heavy (non-hydrogen) atoms. The molecule has 1 aliphatic rings. The summed E-state index contributed by atoms with van der Waals surface area (Å²) in [6.07, 6.45) is 4.02. The van der Waals surface area contributed by atoms with Gasteiger partial charge in [-0.1, -0.05) is 19.0 Å². The summed E-state index contributed by atoms with van der Waals surface area (Å²) in [7, 11) is 1.67. The van der Waals surface area contributed by atoms with E-state index < -0.39 is 5.41 Å². The van der Waals surface area contributed by atoms with Gasteiger partial charge in [-0.2, -0.15) is 0 Å². The second kappa shape index (κ2) is 6.23. The van der Waals surface area contributed by atoms with Crippen LogP contribution in [0, 0.1) is 5.41 Å². The van der Waals surface area contributed by atoms with Crippen molar-refractivity contribution < 1.29 is 14.7 Å². The summed E-state index contributed by atoms with van der Waals surface area (Å²) in [5.41, 5.74) is 4.54. The van der Waals surface area contributed by atoms with Crippen LogP contribution < -0.4 is 11.1 Å². The van der Waals surface area contributed by atoms with Gasteiger partial charge in [-0.05, 0) is 32.1 Å². The summed E-state index contributed by atoms with van der Waals surface area (Å²) in [5.74, 6) is -0.230. The minimum atomic E-state index is -0.937. The van der Waals surface area contributed by atoms with Crippen molar-refractivity contribution in [3.63, 3.8) is 0 Å². The number of amides is 1. The molecule has 1 aliphatic carbocycles. The average Bonchev–Trinajstić information content (AvgIpc) is 2.39. The Hall–Kier alpha value is -1.30. The van der Waals surface area contributed by atoms with Gasteiger partial charge >= 0.3 is 0 Å². The Morgan fingerprint density at radius 2 is 2.05 bits per heavy atom. The second-order valence-corrected chi connectivity index (χ2v) is 5.20. The monoisotopic (exact) mass is 271 g/mol. The molecule has 1 saturated carbocycles. The molecule has 0 bridgehead atoms. The first-order valence-corrected chi connectivity index (χ1v) is 6.81. The number of ether oxygens (including phenoxy) is 1. The lowest BCUT2D eigenvalue weighted by atomic mass is 9.78. The Labute approximate surface area is 114 Å². The molecule has 1 fully saturated rings. The van der Waals surface area contributed by atoms with Crippen LogP contribution in [0.25, 0.3) is 0 Å². The number of hydrogen-bond acceptors (Lipinski definition) is 4. The Morgan fingerprint density at radius 1 is 1.47 bits per heavy atom. The van der Waals surface area contributed by atoms with E-state index in [2.05, 4.69) is 10.5 Å². The zero-order valence-corrected chi connectivity index (χ0v) is 12.0. The van der Waals surface area contributed by atoms with E-state index in [0.29, 0.717) is 19.4 Å². The van der Waals surface area contributed by atoms with E-state index in [9.17, 15) is 4.79 Å². The normalized spacial score (nSPS) is 18.8. The molecule has 0 atom stereocenters. The van der Waals surface area contributed by atoms with Crippen molar-refractivity contribution in [3.8, 4) is 0 Å². The predicted octanol–water partition coefficient (Wildman–Crippen LogP) is 1.22. The number of nitrogens with two attached hydrogens (primary N) is 1. The topological polar surface area (TPSA) is 96.9 Å². The van der Waals surface area contributed by atoms with Gasteiger partial charge in [0.2, 0.25) is 5.91 Å². The number of nitrogens with one attached hydrogen (secondary N) is 1. The number of rotatable bonds is 7. The van der Waals surface area contributed by atoms with E-state index in [1.165, 1.54) is 0 Å². The van der Waals surface area contributed by atoms with Crippen LogP contribution in [0.15, 0.2) is 5.16 Å². The van der Waals surface area contributed by atoms with Gasteiger partial charge in [-0.15, -0.1) is 0 Å². The van der Waals surface area contributed by atoms with Crippen LogP contribution in [-0.2, 0) is 9.53 Å². The molecule has 110 valence electrons. The highest BCUT2D eigenvalue weighted by Crippen LogP contribution is 2.35. The first-order valence-electron chi connectivity index (χ1n) is 6.81. The first-order chi connectivity index (χ1) is 9.00. The maximum absolute atomic E-state index is 12.4. The van der Waals surface area contributed by atoms with E-state index in [1.807, 2.05) is 13.8 Å². The SMILES string of the molecule is CCC(CC)(C(=O)NCC1(OC)CCC1)C(N)=NO. The van der Waals surface area contributed by atoms with Crippen molar-refractivity contribution in [1.82, 2.24) is 5.32 Å². The molecule has 4 N–H and O–H groups in total. The first kappa shape index (κ1) is 15.8. The van der Waals surface area contributed by atoms with Gasteiger partial charge in [0.15, 0.2) is 5.84 Å². The van der Waals surface area contributed by atoms with E-state index in [0.717, 1.165) is 19.3 Å². The standard InChI is InChI=1S/C13H25N3O3/c1-4-13(5-2,10(14)16-18)11(17)15-9-12(19-3)7-6-8-12/h18H,4-9H2,1-3H3,(H2,14,16)(H,15,17). The van der Waals surface area contributed by atoms with Crippen LogP contribution in [0.3, 0.4) is 0 Å². The van der Waals surface area contributed by atoms with Crippen molar-refractivity contribution >= 4 is 11.7 Å². The molecule has 0 aliphatic heterocycles. The number of nitrogens with zero attached hydrogens (tertiary/aromatic N) is 1. The summed E-state index contributed by atoms with van der Waals surface area (Å²) in [5, 5.41) is 14.8. The maximum Gasteiger partial charge on any atom is 0.234 e. The summed E-state index contributed by atoms with van der Waals surface area (Å²) in [6, 6.07) is 0. The fourth-order valence-electron chi connectivity index (χ4n) is 2.58. The van der Waals surface area contributed by atoms with Crippen LogP contribution in [0.5, 0.6) is 0 Å². The minimum absolute atomic E-state index is 0.0323. The van der Waals surface area contributed by atoms with Crippen molar-refractivity contribution in [3.05, 3.63) is 0 Å². The molecule has 6 nitrogen and oxygen atoms in total. The number of carbonyl (C=O) groups excluding carboxylic acids is 1. The molecule has 0 radical (unpaired) electrons. The van der Waals surface area contributed by atoms with Gasteiger partial charge in [-0.25, -0.2) is 0 Å². The minimum Gasteiger partial charge on any atom is -0.409 e. The molecule has 0 heterocycles. The Bertz CT molecular complexity index is 342. The quantitative estimate of drug-likeness (QED) is 0.281. The van der Waals surface area contributed by atoms with Crippen molar-refractivity contribution in [2.24, 2.45) is 16.3 Å². The molecule has 1 amide bonds. The Kier molecular flexibility index (Phi) is 5.17. The van der Waals surface area contributed by atoms with E-state index in [4.69, 9.17) is 15.7 Å². The number of hydrogen-bond donors (Lipinski definition) is 3. The van der Waals surface area contributed by atoms with E-state index in [1.54, 1.807) is 7.11 Å². The van der Waals surface area contributed by atoms with Gasteiger partial charge in [0, 0.05) is 13.7 Å². The van der Waals surface area contributed by atoms with Crippen LogP contribution >= 0.6 is 0 Å². The third-order valence-electron chi connectivity index (χ3n) is 4.51. The lowest BCUT2D eigenvalue weighted by Gasteiger charge is -2.41. The van der Waals surface area contributed by atoms with Gasteiger partial charge in [0.25, 0.3) is 0 Å². The molecule has 6 heteroatoms. The molecule has 0 aromatic heterocycles. The van der Waals surface area contributed by atoms with Gasteiger partial charge < -0.3 is 21.0 Å². The van der Waals surface area contributed by atoms with Gasteiger partial charge in [0.1, 0.15) is 5.41 Å². The van der Waals surface area contributed by atoms with E-state index in [-0.39, 0.29) is 17.3 Å². The predicted molar refractivity (Wildman–Crippen MR) is 73.0 cm³/mol. The fraction of sp³-hybridized carbons (Fsp3) is 0.846. The van der Waals surface area contributed by atoms with E-state index >= 15 is 0 Å². The third kappa shape index (κ3) is 2.83. The van der Waals surface area contributed by atoms with Gasteiger partial charge in [-0.3, -0.25) is 4.79 Å². The Balaban J connectivity index is 2.73. The summed E-state index contributed by atoms with van der Waals surface area (Å²) >= 11 is 0. The van der Waals surface area contributed by atoms with Crippen LogP contribution in [0.1, 0.15) is 46.0 Å². The summed E-state index contributed by atoms with van der Waals surface area (Å²) in [6.45, 7) is 4.19.